The number of morpholine rings is 1. The molecular weight excluding hydrogens is 502 g/mol. The molecule has 36 heavy (non-hydrogen) atoms. The van der Waals surface area contributed by atoms with E-state index in [1.165, 1.54) is 10.5 Å². The van der Waals surface area contributed by atoms with Crippen molar-refractivity contribution in [2.75, 3.05) is 62.8 Å². The number of β-amino-alcohol motifs (C(OH)–C–C–N with tert-alkyl or cyclic N) is 1. The van der Waals surface area contributed by atoms with E-state index in [1.807, 2.05) is 23.1 Å². The Balaban J connectivity index is 1.52. The summed E-state index contributed by atoms with van der Waals surface area (Å²) in [5.41, 5.74) is 8.66. The van der Waals surface area contributed by atoms with Gasteiger partial charge in [0.25, 0.3) is 0 Å². The highest BCUT2D eigenvalue weighted by atomic mass is 32.2. The summed E-state index contributed by atoms with van der Waals surface area (Å²) in [6.45, 7) is 3.93. The predicted molar refractivity (Wildman–Crippen MR) is 141 cm³/mol. The lowest BCUT2D eigenvalue weighted by Gasteiger charge is -2.37. The van der Waals surface area contributed by atoms with Crippen LogP contribution in [0.4, 0.5) is 11.5 Å². The molecule has 0 radical (unpaired) electrons. The molecule has 2 aliphatic rings. The van der Waals surface area contributed by atoms with Crippen LogP contribution in [0.5, 0.6) is 0 Å². The van der Waals surface area contributed by atoms with Gasteiger partial charge in [0.15, 0.2) is 11.6 Å². The standard InChI is InChI=1S/C23H29N7O4S2/c1-36(32,33)30-6-5-29(20(31)14-30)13-15-11-19-21(35-15)23(28-7-9-34-10-8-28)27-22(26-19)16-3-2-4-18(25)17(16)12-24/h2-4,11-12,20,24,31H,5-10,13-14,25H2,1H3. The molecule has 0 saturated carbocycles. The summed E-state index contributed by atoms with van der Waals surface area (Å²) >= 11 is 1.57. The van der Waals surface area contributed by atoms with Crippen LogP contribution in [0.15, 0.2) is 24.3 Å². The van der Waals surface area contributed by atoms with Crippen molar-refractivity contribution in [1.82, 2.24) is 19.2 Å². The number of aromatic nitrogens is 2. The number of ether oxygens (including phenoxy) is 1. The van der Waals surface area contributed by atoms with Crippen LogP contribution in [-0.4, -0.2) is 97.3 Å². The van der Waals surface area contributed by atoms with E-state index < -0.39 is 16.3 Å². The molecule has 4 heterocycles. The Hall–Kier alpha value is -2.68. The highest BCUT2D eigenvalue weighted by Gasteiger charge is 2.30. The highest BCUT2D eigenvalue weighted by molar-refractivity contribution is 7.88. The molecule has 5 rings (SSSR count). The number of nitrogens with one attached hydrogen (secondary N) is 1. The van der Waals surface area contributed by atoms with Crippen LogP contribution >= 0.6 is 11.3 Å². The zero-order valence-electron chi connectivity index (χ0n) is 19.9. The number of nitrogens with two attached hydrogens (primary N) is 1. The summed E-state index contributed by atoms with van der Waals surface area (Å²) in [4.78, 5) is 14.8. The Labute approximate surface area is 213 Å². The van der Waals surface area contributed by atoms with E-state index in [9.17, 15) is 13.5 Å². The summed E-state index contributed by atoms with van der Waals surface area (Å²) in [5.74, 6) is 1.32. The van der Waals surface area contributed by atoms with E-state index in [0.29, 0.717) is 68.6 Å². The van der Waals surface area contributed by atoms with E-state index >= 15 is 0 Å². The maximum absolute atomic E-state index is 11.9. The first-order chi connectivity index (χ1) is 17.2. The number of thiophene rings is 1. The van der Waals surface area contributed by atoms with E-state index in [4.69, 9.17) is 25.8 Å². The molecule has 11 nitrogen and oxygen atoms in total. The van der Waals surface area contributed by atoms with Crippen molar-refractivity contribution in [2.45, 2.75) is 12.8 Å². The van der Waals surface area contributed by atoms with E-state index in [-0.39, 0.29) is 6.54 Å². The number of nitrogens with zero attached hydrogens (tertiary/aromatic N) is 5. The van der Waals surface area contributed by atoms with Gasteiger partial charge in [-0.05, 0) is 12.1 Å². The number of nitrogen functional groups attached to an aromatic ring is 1. The Morgan fingerprint density at radius 2 is 2.03 bits per heavy atom. The number of hydrogen-bond donors (Lipinski definition) is 3. The lowest BCUT2D eigenvalue weighted by Crippen LogP contribution is -2.53. The molecule has 2 fully saturated rings. The Kier molecular flexibility index (Phi) is 6.94. The second kappa shape index (κ2) is 10.00. The summed E-state index contributed by atoms with van der Waals surface area (Å²) in [6.07, 6.45) is 1.50. The van der Waals surface area contributed by atoms with Crippen LogP contribution in [0.2, 0.25) is 0 Å². The lowest BCUT2D eigenvalue weighted by atomic mass is 10.1. The van der Waals surface area contributed by atoms with Crippen molar-refractivity contribution in [3.63, 3.8) is 0 Å². The largest absolute Gasteiger partial charge is 0.398 e. The molecule has 1 atom stereocenters. The molecular formula is C23H29N7O4S2. The number of fused-ring (bicyclic) bond motifs is 1. The summed E-state index contributed by atoms with van der Waals surface area (Å²) in [5, 5.41) is 18.5. The topological polar surface area (TPSA) is 149 Å². The molecule has 0 spiro atoms. The molecule has 4 N–H and O–H groups in total. The minimum Gasteiger partial charge on any atom is -0.398 e. The summed E-state index contributed by atoms with van der Waals surface area (Å²) in [6, 6.07) is 7.45. The third-order valence-corrected chi connectivity index (χ3v) is 8.87. The van der Waals surface area contributed by atoms with Gasteiger partial charge in [0.2, 0.25) is 10.0 Å². The van der Waals surface area contributed by atoms with E-state index in [0.717, 1.165) is 27.2 Å². The molecule has 2 saturated heterocycles. The molecule has 2 aromatic heterocycles. The molecule has 192 valence electrons. The first kappa shape index (κ1) is 25.0. The molecule has 1 unspecified atom stereocenters. The first-order valence-electron chi connectivity index (χ1n) is 11.6. The minimum atomic E-state index is -3.34. The molecule has 13 heteroatoms. The average molecular weight is 532 g/mol. The second-order valence-electron chi connectivity index (χ2n) is 8.92. The molecule has 2 aliphatic heterocycles. The Bertz CT molecular complexity index is 1390. The van der Waals surface area contributed by atoms with Crippen molar-refractivity contribution in [3.8, 4) is 11.4 Å². The van der Waals surface area contributed by atoms with Gasteiger partial charge in [-0.2, -0.15) is 4.31 Å². The van der Waals surface area contributed by atoms with Crippen molar-refractivity contribution >= 4 is 49.3 Å². The number of aliphatic hydroxyl groups excluding tert-OH is 1. The number of benzene rings is 1. The van der Waals surface area contributed by atoms with Crippen LogP contribution in [0.3, 0.4) is 0 Å². The maximum Gasteiger partial charge on any atom is 0.211 e. The van der Waals surface area contributed by atoms with Crippen LogP contribution in [-0.2, 0) is 21.3 Å². The van der Waals surface area contributed by atoms with Crippen molar-refractivity contribution in [3.05, 3.63) is 34.7 Å². The van der Waals surface area contributed by atoms with Crippen molar-refractivity contribution in [2.24, 2.45) is 0 Å². The van der Waals surface area contributed by atoms with Gasteiger partial charge >= 0.3 is 0 Å². The third kappa shape index (κ3) is 4.94. The van der Waals surface area contributed by atoms with Crippen molar-refractivity contribution < 1.29 is 18.3 Å². The third-order valence-electron chi connectivity index (χ3n) is 6.49. The highest BCUT2D eigenvalue weighted by Crippen LogP contribution is 2.36. The van der Waals surface area contributed by atoms with Crippen LogP contribution in [0.25, 0.3) is 21.6 Å². The number of rotatable bonds is 6. The summed E-state index contributed by atoms with van der Waals surface area (Å²) < 4.78 is 31.5. The van der Waals surface area contributed by atoms with Gasteiger partial charge in [-0.25, -0.2) is 18.4 Å². The number of sulfonamides is 1. The van der Waals surface area contributed by atoms with E-state index in [1.54, 1.807) is 17.4 Å². The summed E-state index contributed by atoms with van der Waals surface area (Å²) in [7, 11) is -3.34. The smallest absolute Gasteiger partial charge is 0.211 e. The molecule has 3 aromatic rings. The fourth-order valence-corrected chi connectivity index (χ4v) is 6.51. The zero-order valence-corrected chi connectivity index (χ0v) is 21.6. The Morgan fingerprint density at radius 1 is 1.25 bits per heavy atom. The number of aliphatic hydroxyl groups is 1. The SMILES string of the molecule is CS(=O)(=O)N1CCN(Cc2cc3nc(-c4cccc(N)c4C=N)nc(N4CCOCC4)c3s2)C(O)C1. The average Bonchev–Trinajstić information content (AvgIpc) is 3.27. The van der Waals surface area contributed by atoms with Crippen LogP contribution in [0.1, 0.15) is 10.4 Å². The maximum atomic E-state index is 11.9. The predicted octanol–water partition coefficient (Wildman–Crippen LogP) is 1.17. The lowest BCUT2D eigenvalue weighted by molar-refractivity contribution is -0.0395. The molecule has 0 bridgehead atoms. The molecule has 0 aliphatic carbocycles. The van der Waals surface area contributed by atoms with Gasteiger partial charge in [-0.1, -0.05) is 12.1 Å². The molecule has 1 aromatic carbocycles. The number of piperazine rings is 1. The normalized spacial score (nSPS) is 20.2. The van der Waals surface area contributed by atoms with Gasteiger partial charge in [-0.15, -0.1) is 11.3 Å². The van der Waals surface area contributed by atoms with Crippen LogP contribution in [0, 0.1) is 5.41 Å². The fraction of sp³-hybridized carbons (Fsp3) is 0.435. The monoisotopic (exact) mass is 531 g/mol. The van der Waals surface area contributed by atoms with Crippen LogP contribution < -0.4 is 10.6 Å². The molecule has 0 amide bonds. The number of anilines is 2. The zero-order chi connectivity index (χ0) is 25.4. The quantitative estimate of drug-likeness (QED) is 0.315. The number of hydrogen-bond acceptors (Lipinski definition) is 11. The van der Waals surface area contributed by atoms with E-state index in [2.05, 4.69) is 4.90 Å². The van der Waals surface area contributed by atoms with Gasteiger partial charge in [0.05, 0.1) is 36.2 Å². The fourth-order valence-electron chi connectivity index (χ4n) is 4.55. The van der Waals surface area contributed by atoms with Gasteiger partial charge in [0.1, 0.15) is 6.23 Å². The van der Waals surface area contributed by atoms with Crippen molar-refractivity contribution in [1.29, 1.82) is 5.41 Å². The Morgan fingerprint density at radius 3 is 2.72 bits per heavy atom. The van der Waals surface area contributed by atoms with Gasteiger partial charge in [-0.3, -0.25) is 4.90 Å². The van der Waals surface area contributed by atoms with Gasteiger partial charge in [0, 0.05) is 60.6 Å². The minimum absolute atomic E-state index is 0.0501. The van der Waals surface area contributed by atoms with Gasteiger partial charge < -0.3 is 25.9 Å². The first-order valence-corrected chi connectivity index (χ1v) is 14.3. The second-order valence-corrected chi connectivity index (χ2v) is 12.0.